The number of methoxy groups -OCH3 is 2. The number of anilines is 2. The lowest BCUT2D eigenvalue weighted by atomic mass is 9.42. The summed E-state index contributed by atoms with van der Waals surface area (Å²) in [6, 6.07) is 5.41. The zero-order valence-corrected chi connectivity index (χ0v) is 23.7. The summed E-state index contributed by atoms with van der Waals surface area (Å²) in [4.78, 5) is 13.8. The second kappa shape index (κ2) is 10.1. The van der Waals surface area contributed by atoms with Gasteiger partial charge in [0.25, 0.3) is 0 Å². The van der Waals surface area contributed by atoms with Crippen molar-refractivity contribution < 1.29 is 14.3 Å². The molecule has 5 rings (SSSR count). The smallest absolute Gasteiger partial charge is 0.157 e. The van der Waals surface area contributed by atoms with Gasteiger partial charge in [0, 0.05) is 25.7 Å². The van der Waals surface area contributed by atoms with E-state index in [-0.39, 0.29) is 23.7 Å². The Morgan fingerprint density at radius 3 is 2.51 bits per heavy atom. The summed E-state index contributed by atoms with van der Waals surface area (Å²) in [6.45, 7) is 8.53. The average Bonchev–Trinajstić information content (AvgIpc) is 3.22. The van der Waals surface area contributed by atoms with Gasteiger partial charge in [0.05, 0.1) is 25.0 Å². The van der Waals surface area contributed by atoms with Crippen LogP contribution in [0.3, 0.4) is 0 Å². The lowest BCUT2D eigenvalue weighted by Gasteiger charge is -2.63. The van der Waals surface area contributed by atoms with Crippen LogP contribution in [0.1, 0.15) is 72.1 Å². The van der Waals surface area contributed by atoms with E-state index in [1.807, 2.05) is 19.2 Å². The number of ether oxygens (including phenoxy) is 2. The summed E-state index contributed by atoms with van der Waals surface area (Å²) in [6.07, 6.45) is 9.94. The summed E-state index contributed by atoms with van der Waals surface area (Å²) in [5, 5.41) is 1.52. The van der Waals surface area contributed by atoms with Gasteiger partial charge in [0.2, 0.25) is 0 Å². The van der Waals surface area contributed by atoms with E-state index in [1.165, 1.54) is 37.1 Å². The van der Waals surface area contributed by atoms with Crippen molar-refractivity contribution in [3.8, 4) is 5.75 Å². The molecule has 4 saturated carbocycles. The highest BCUT2D eigenvalue weighted by molar-refractivity contribution is 5.87. The van der Waals surface area contributed by atoms with Gasteiger partial charge in [-0.05, 0) is 103 Å². The van der Waals surface area contributed by atoms with Crippen LogP contribution >= 0.6 is 0 Å². The van der Waals surface area contributed by atoms with Gasteiger partial charge in [-0.15, -0.1) is 0 Å². The third kappa shape index (κ3) is 4.46. The minimum atomic E-state index is 0.0379. The van der Waals surface area contributed by atoms with E-state index in [1.54, 1.807) is 13.2 Å². The van der Waals surface area contributed by atoms with E-state index in [4.69, 9.17) is 21.1 Å². The van der Waals surface area contributed by atoms with Crippen molar-refractivity contribution in [1.82, 2.24) is 0 Å². The first-order valence-electron chi connectivity index (χ1n) is 14.6. The van der Waals surface area contributed by atoms with E-state index in [0.29, 0.717) is 40.3 Å². The molecule has 0 radical (unpaired) electrons. The van der Waals surface area contributed by atoms with Crippen LogP contribution in [0.5, 0.6) is 5.75 Å². The van der Waals surface area contributed by atoms with E-state index in [0.717, 1.165) is 43.6 Å². The largest absolute Gasteiger partial charge is 0.497 e. The van der Waals surface area contributed by atoms with Gasteiger partial charge in [-0.1, -0.05) is 27.2 Å². The van der Waals surface area contributed by atoms with Crippen LogP contribution < -0.4 is 21.3 Å². The van der Waals surface area contributed by atoms with E-state index in [9.17, 15) is 4.79 Å². The molecular weight excluding hydrogens is 462 g/mol. The molecule has 1 aromatic carbocycles. The minimum absolute atomic E-state index is 0.0379. The van der Waals surface area contributed by atoms with Gasteiger partial charge in [-0.2, -0.15) is 0 Å². The zero-order chi connectivity index (χ0) is 26.5. The van der Waals surface area contributed by atoms with E-state index < -0.39 is 0 Å². The highest BCUT2D eigenvalue weighted by atomic mass is 16.5. The number of carbonyl (C=O) groups excluding carboxylic acids is 1. The van der Waals surface area contributed by atoms with Crippen molar-refractivity contribution >= 4 is 17.2 Å². The molecule has 0 spiro atoms. The molecule has 0 bridgehead atoms. The van der Waals surface area contributed by atoms with Gasteiger partial charge < -0.3 is 20.2 Å². The van der Waals surface area contributed by atoms with Gasteiger partial charge in [-0.25, -0.2) is 5.84 Å². The molecule has 0 saturated heterocycles. The molecule has 4 aliphatic rings. The monoisotopic (exact) mass is 511 g/mol. The number of benzene rings is 1. The Morgan fingerprint density at radius 2 is 1.78 bits per heavy atom. The maximum Gasteiger partial charge on any atom is 0.157 e. The van der Waals surface area contributed by atoms with Gasteiger partial charge >= 0.3 is 0 Å². The normalized spacial score (nSPS) is 40.9. The number of carbonyl (C=O) groups is 1. The molecule has 0 aliphatic heterocycles. The molecule has 6 heteroatoms. The second-order valence-electron chi connectivity index (χ2n) is 13.5. The van der Waals surface area contributed by atoms with Crippen LogP contribution in [0, 0.1) is 52.3 Å². The molecule has 0 heterocycles. The predicted octanol–water partition coefficient (Wildman–Crippen LogP) is 5.69. The quantitative estimate of drug-likeness (QED) is 0.277. The number of fused-ring (bicyclic) bond motifs is 5. The molecule has 4 N–H and O–H groups in total. The molecule has 4 aliphatic carbocycles. The maximum atomic E-state index is 13.8. The first-order chi connectivity index (χ1) is 17.6. The third-order valence-electron chi connectivity index (χ3n) is 11.7. The van der Waals surface area contributed by atoms with Crippen LogP contribution in [-0.4, -0.2) is 33.2 Å². The number of rotatable bonds is 7. The number of ketones is 1. The maximum absolute atomic E-state index is 13.8. The average molecular weight is 512 g/mol. The molecule has 0 aromatic heterocycles. The van der Waals surface area contributed by atoms with Crippen molar-refractivity contribution in [3.63, 3.8) is 0 Å². The van der Waals surface area contributed by atoms with Crippen LogP contribution in [0.25, 0.3) is 0 Å². The summed E-state index contributed by atoms with van der Waals surface area (Å²) in [7, 11) is 3.49. The van der Waals surface area contributed by atoms with Crippen LogP contribution in [0.2, 0.25) is 0 Å². The zero-order valence-electron chi connectivity index (χ0n) is 23.7. The summed E-state index contributed by atoms with van der Waals surface area (Å²) in [5.74, 6) is 11.7. The number of nitrogens with two attached hydrogens (primary N) is 2. The number of hydrogen-bond acceptors (Lipinski definition) is 6. The minimum Gasteiger partial charge on any atom is -0.497 e. The fourth-order valence-electron chi connectivity index (χ4n) is 9.82. The highest BCUT2D eigenvalue weighted by Crippen LogP contribution is 2.69. The molecule has 1 aromatic rings. The predicted molar refractivity (Wildman–Crippen MR) is 149 cm³/mol. The lowest BCUT2D eigenvalue weighted by Crippen LogP contribution is -2.57. The Bertz CT molecular complexity index is 1000. The molecule has 9 unspecified atom stereocenters. The Kier molecular flexibility index (Phi) is 7.29. The summed E-state index contributed by atoms with van der Waals surface area (Å²) >= 11 is 0. The number of nitrogens with zero attached hydrogens (tertiary/aromatic N) is 1. The summed E-state index contributed by atoms with van der Waals surface area (Å²) in [5.41, 5.74) is 7.89. The van der Waals surface area contributed by atoms with Crippen LogP contribution in [0.15, 0.2) is 18.2 Å². The molecule has 0 amide bonds. The van der Waals surface area contributed by atoms with E-state index >= 15 is 0 Å². The fourth-order valence-corrected chi connectivity index (χ4v) is 9.82. The van der Waals surface area contributed by atoms with Crippen molar-refractivity contribution in [2.45, 2.75) is 72.1 Å². The van der Waals surface area contributed by atoms with Crippen LogP contribution in [0.4, 0.5) is 11.4 Å². The Labute approximate surface area is 223 Å². The Balaban J connectivity index is 1.37. The van der Waals surface area contributed by atoms with Crippen molar-refractivity contribution in [2.75, 3.05) is 38.1 Å². The number of Topliss-reactive ketones (excluding diaryl/α,β-unsaturated/α-hetero) is 1. The summed E-state index contributed by atoms with van der Waals surface area (Å²) < 4.78 is 11.2. The molecule has 6 nitrogen and oxygen atoms in total. The van der Waals surface area contributed by atoms with Gasteiger partial charge in [0.15, 0.2) is 5.78 Å². The SMILES string of the molecule is COCC1CC2CC(C)CCC2(C)C2CCC3(C)C(C(=O)CN(N)c4cc(OC)ccc4N)CCC3C12. The van der Waals surface area contributed by atoms with Crippen molar-refractivity contribution in [1.29, 1.82) is 0 Å². The van der Waals surface area contributed by atoms with Crippen molar-refractivity contribution in [3.05, 3.63) is 18.2 Å². The number of nitrogen functional groups attached to an aromatic ring is 1. The van der Waals surface area contributed by atoms with Gasteiger partial charge in [-0.3, -0.25) is 4.79 Å². The van der Waals surface area contributed by atoms with Gasteiger partial charge in [0.1, 0.15) is 5.75 Å². The molecular formula is C31H49N3O3. The molecule has 206 valence electrons. The standard InChI is InChI=1S/C31H49N3O3/c1-19-10-12-30(2)21(14-19)15-20(18-36-4)29-24-8-7-23(31(24,3)13-11-25(29)30)28(35)17-34(33)27-16-22(37-5)6-9-26(27)32/h6,9,16,19-21,23-25,29H,7-8,10-15,17-18,32-33H2,1-5H3. The highest BCUT2D eigenvalue weighted by Gasteiger charge is 2.63. The molecule has 9 atom stereocenters. The molecule has 37 heavy (non-hydrogen) atoms. The second-order valence-corrected chi connectivity index (χ2v) is 13.5. The van der Waals surface area contributed by atoms with Crippen molar-refractivity contribution in [2.24, 2.45) is 58.1 Å². The number of hydrazine groups is 1. The molecule has 4 fully saturated rings. The first kappa shape index (κ1) is 26.8. The third-order valence-corrected chi connectivity index (χ3v) is 11.7. The first-order valence-corrected chi connectivity index (χ1v) is 14.6. The fraction of sp³-hybridized carbons (Fsp3) is 0.774. The van der Waals surface area contributed by atoms with E-state index in [2.05, 4.69) is 20.8 Å². The van der Waals surface area contributed by atoms with Crippen LogP contribution in [-0.2, 0) is 9.53 Å². The topological polar surface area (TPSA) is 90.8 Å². The Hall–Kier alpha value is -1.79. The lowest BCUT2D eigenvalue weighted by molar-refractivity contribution is -0.156. The Morgan fingerprint density at radius 1 is 1.05 bits per heavy atom. The number of hydrogen-bond donors (Lipinski definition) is 2.